The number of nitrogens with zero attached hydrogens (tertiary/aromatic N) is 3. The normalized spacial score (nSPS) is 15.5. The first-order valence-electron chi connectivity index (χ1n) is 9.98. The minimum Gasteiger partial charge on any atom is -0.339 e. The van der Waals surface area contributed by atoms with Gasteiger partial charge in [0.25, 0.3) is 15.9 Å². The minimum absolute atomic E-state index is 0.109. The van der Waals surface area contributed by atoms with Crippen LogP contribution in [0.5, 0.6) is 0 Å². The summed E-state index contributed by atoms with van der Waals surface area (Å²) in [4.78, 5) is 17.1. The first kappa shape index (κ1) is 21.3. The highest BCUT2D eigenvalue weighted by atomic mass is 32.2. The highest BCUT2D eigenvalue weighted by Gasteiger charge is 2.27. The van der Waals surface area contributed by atoms with Crippen molar-refractivity contribution in [3.63, 3.8) is 0 Å². The average Bonchev–Trinajstić information content (AvgIpc) is 2.74. The molecular weight excluding hydrogens is 386 g/mol. The Morgan fingerprint density at radius 1 is 1.03 bits per heavy atom. The van der Waals surface area contributed by atoms with E-state index in [0.29, 0.717) is 36.9 Å². The van der Waals surface area contributed by atoms with E-state index in [9.17, 15) is 13.2 Å². The molecule has 0 atom stereocenters. The summed E-state index contributed by atoms with van der Waals surface area (Å²) in [6.45, 7) is 3.48. The number of hydrogen-bond acceptors (Lipinski definition) is 4. The Kier molecular flexibility index (Phi) is 6.59. The van der Waals surface area contributed by atoms with E-state index in [0.717, 1.165) is 12.8 Å². The Bertz CT molecular complexity index is 937. The third-order valence-electron chi connectivity index (χ3n) is 5.48. The van der Waals surface area contributed by atoms with Crippen LogP contribution in [0.3, 0.4) is 0 Å². The fourth-order valence-corrected chi connectivity index (χ4v) is 5.29. The minimum atomic E-state index is -3.76. The van der Waals surface area contributed by atoms with Gasteiger partial charge in [-0.15, -0.1) is 0 Å². The van der Waals surface area contributed by atoms with Crippen LogP contribution in [0.4, 0.5) is 5.69 Å². The van der Waals surface area contributed by atoms with Gasteiger partial charge in [-0.2, -0.15) is 0 Å². The second kappa shape index (κ2) is 8.97. The summed E-state index contributed by atoms with van der Waals surface area (Å²) in [6, 6.07) is 15.9. The molecule has 0 saturated carbocycles. The second-order valence-electron chi connectivity index (χ2n) is 7.52. The maximum absolute atomic E-state index is 13.2. The van der Waals surface area contributed by atoms with Crippen LogP contribution in [0.2, 0.25) is 0 Å². The molecule has 1 fully saturated rings. The summed E-state index contributed by atoms with van der Waals surface area (Å²) in [5.74, 6) is -0.109. The number of carbonyl (C=O) groups excluding carboxylic acids is 1. The lowest BCUT2D eigenvalue weighted by Crippen LogP contribution is -2.44. The number of amides is 1. The van der Waals surface area contributed by atoms with Gasteiger partial charge in [0, 0.05) is 31.2 Å². The number of carbonyl (C=O) groups is 1. The number of rotatable bonds is 6. The van der Waals surface area contributed by atoms with Gasteiger partial charge < -0.3 is 9.80 Å². The Morgan fingerprint density at radius 2 is 1.69 bits per heavy atom. The second-order valence-corrected chi connectivity index (χ2v) is 9.38. The highest BCUT2D eigenvalue weighted by molar-refractivity contribution is 7.92. The van der Waals surface area contributed by atoms with Crippen LogP contribution in [0, 0.1) is 0 Å². The first-order valence-corrected chi connectivity index (χ1v) is 11.4. The number of hydrogen-bond donors (Lipinski definition) is 0. The molecule has 0 radical (unpaired) electrons. The maximum atomic E-state index is 13.2. The lowest BCUT2D eigenvalue weighted by molar-refractivity contribution is 0.0663. The van der Waals surface area contributed by atoms with Gasteiger partial charge in [0.05, 0.1) is 10.6 Å². The average molecular weight is 416 g/mol. The standard InChI is InChI=1S/C22H29N3O3S/c1-4-25(20-10-6-5-7-11-20)29(27,28)21-12-8-9-18(17-21)22(26)24-15-13-19(14-16-24)23(2)3/h5-12,17,19H,4,13-16H2,1-3H3. The zero-order chi connectivity index (χ0) is 21.0. The molecule has 7 heteroatoms. The van der Waals surface area contributed by atoms with Gasteiger partial charge in [0.15, 0.2) is 0 Å². The van der Waals surface area contributed by atoms with E-state index in [2.05, 4.69) is 19.0 Å². The van der Waals surface area contributed by atoms with E-state index >= 15 is 0 Å². The molecule has 0 bridgehead atoms. The smallest absolute Gasteiger partial charge is 0.264 e. The number of benzene rings is 2. The predicted molar refractivity (Wildman–Crippen MR) is 116 cm³/mol. The summed E-state index contributed by atoms with van der Waals surface area (Å²) in [7, 11) is 0.361. The number of sulfonamides is 1. The van der Waals surface area contributed by atoms with E-state index in [1.807, 2.05) is 23.1 Å². The molecule has 156 valence electrons. The molecule has 0 unspecified atom stereocenters. The van der Waals surface area contributed by atoms with Gasteiger partial charge in [-0.05, 0) is 64.2 Å². The molecule has 1 saturated heterocycles. The summed E-state index contributed by atoms with van der Waals surface area (Å²) >= 11 is 0. The molecule has 1 amide bonds. The Labute approximate surface area is 173 Å². The van der Waals surface area contributed by atoms with Gasteiger partial charge in [-0.25, -0.2) is 8.42 Å². The lowest BCUT2D eigenvalue weighted by Gasteiger charge is -2.35. The molecule has 6 nitrogen and oxygen atoms in total. The Morgan fingerprint density at radius 3 is 2.28 bits per heavy atom. The van der Waals surface area contributed by atoms with Crippen molar-refractivity contribution < 1.29 is 13.2 Å². The predicted octanol–water partition coefficient (Wildman–Crippen LogP) is 3.07. The molecule has 1 aliphatic rings. The number of likely N-dealkylation sites (tertiary alicyclic amines) is 1. The SMILES string of the molecule is CCN(c1ccccc1)S(=O)(=O)c1cccc(C(=O)N2CCC(N(C)C)CC2)c1. The quantitative estimate of drug-likeness (QED) is 0.728. The van der Waals surface area contributed by atoms with Crippen molar-refractivity contribution in [2.24, 2.45) is 0 Å². The van der Waals surface area contributed by atoms with Crippen molar-refractivity contribution in [2.45, 2.75) is 30.7 Å². The topological polar surface area (TPSA) is 60.9 Å². The van der Waals surface area contributed by atoms with E-state index in [4.69, 9.17) is 0 Å². The van der Waals surface area contributed by atoms with Crippen molar-refractivity contribution in [2.75, 3.05) is 38.0 Å². The van der Waals surface area contributed by atoms with Gasteiger partial charge >= 0.3 is 0 Å². The largest absolute Gasteiger partial charge is 0.339 e. The van der Waals surface area contributed by atoms with E-state index < -0.39 is 10.0 Å². The van der Waals surface area contributed by atoms with Crippen molar-refractivity contribution in [3.05, 3.63) is 60.2 Å². The first-order chi connectivity index (χ1) is 13.8. The summed E-state index contributed by atoms with van der Waals surface area (Å²) in [5, 5.41) is 0. The molecule has 0 aromatic heterocycles. The van der Waals surface area contributed by atoms with Crippen LogP contribution >= 0.6 is 0 Å². The van der Waals surface area contributed by atoms with Crippen LogP contribution in [0.1, 0.15) is 30.1 Å². The van der Waals surface area contributed by atoms with Gasteiger partial charge in [0.2, 0.25) is 0 Å². The molecule has 2 aromatic carbocycles. The monoisotopic (exact) mass is 415 g/mol. The molecule has 0 spiro atoms. The molecule has 2 aromatic rings. The maximum Gasteiger partial charge on any atom is 0.264 e. The molecule has 0 aliphatic carbocycles. The van der Waals surface area contributed by atoms with Crippen LogP contribution < -0.4 is 4.31 Å². The van der Waals surface area contributed by atoms with E-state index in [-0.39, 0.29) is 10.8 Å². The van der Waals surface area contributed by atoms with Crippen LogP contribution in [0.25, 0.3) is 0 Å². The Hall–Kier alpha value is -2.38. The molecular formula is C22H29N3O3S. The van der Waals surface area contributed by atoms with Crippen LogP contribution in [0.15, 0.2) is 59.5 Å². The van der Waals surface area contributed by atoms with Crippen LogP contribution in [-0.2, 0) is 10.0 Å². The van der Waals surface area contributed by atoms with Crippen molar-refractivity contribution in [1.82, 2.24) is 9.80 Å². The molecule has 3 rings (SSSR count). The fourth-order valence-electron chi connectivity index (χ4n) is 3.77. The number of anilines is 1. The third-order valence-corrected chi connectivity index (χ3v) is 7.38. The summed E-state index contributed by atoms with van der Waals surface area (Å²) in [5.41, 5.74) is 1.02. The van der Waals surface area contributed by atoms with Crippen molar-refractivity contribution in [1.29, 1.82) is 0 Å². The van der Waals surface area contributed by atoms with Gasteiger partial charge in [0.1, 0.15) is 0 Å². The van der Waals surface area contributed by atoms with Gasteiger partial charge in [-0.3, -0.25) is 9.10 Å². The molecule has 0 N–H and O–H groups in total. The third kappa shape index (κ3) is 4.62. The lowest BCUT2D eigenvalue weighted by atomic mass is 10.0. The number of piperidine rings is 1. The zero-order valence-electron chi connectivity index (χ0n) is 17.3. The molecule has 1 aliphatic heterocycles. The molecule has 29 heavy (non-hydrogen) atoms. The van der Waals surface area contributed by atoms with E-state index in [1.165, 1.54) is 10.4 Å². The van der Waals surface area contributed by atoms with E-state index in [1.54, 1.807) is 37.3 Å². The highest BCUT2D eigenvalue weighted by Crippen LogP contribution is 2.25. The van der Waals surface area contributed by atoms with Crippen molar-refractivity contribution >= 4 is 21.6 Å². The fraction of sp³-hybridized carbons (Fsp3) is 0.409. The summed E-state index contributed by atoms with van der Waals surface area (Å²) in [6.07, 6.45) is 1.85. The molecule has 1 heterocycles. The van der Waals surface area contributed by atoms with Gasteiger partial charge in [-0.1, -0.05) is 24.3 Å². The Balaban J connectivity index is 1.82. The zero-order valence-corrected chi connectivity index (χ0v) is 18.1. The number of para-hydroxylation sites is 1. The van der Waals surface area contributed by atoms with Crippen molar-refractivity contribution in [3.8, 4) is 0 Å². The van der Waals surface area contributed by atoms with Crippen LogP contribution in [-0.4, -0.2) is 63.9 Å². The summed E-state index contributed by atoms with van der Waals surface area (Å²) < 4.78 is 27.8.